The summed E-state index contributed by atoms with van der Waals surface area (Å²) in [5.41, 5.74) is 4.28. The van der Waals surface area contributed by atoms with Crippen LogP contribution < -0.4 is 5.32 Å². The fourth-order valence-corrected chi connectivity index (χ4v) is 3.46. The van der Waals surface area contributed by atoms with Crippen molar-refractivity contribution >= 4 is 34.7 Å². The van der Waals surface area contributed by atoms with Crippen LogP contribution in [-0.4, -0.2) is 16.6 Å². The lowest BCUT2D eigenvalue weighted by Crippen LogP contribution is -2.13. The molecule has 0 saturated carbocycles. The van der Waals surface area contributed by atoms with E-state index >= 15 is 0 Å². The fourth-order valence-electron chi connectivity index (χ4n) is 3.24. The van der Waals surface area contributed by atoms with Gasteiger partial charge in [0.2, 0.25) is 0 Å². The van der Waals surface area contributed by atoms with Crippen LogP contribution in [-0.2, 0) is 11.8 Å². The van der Waals surface area contributed by atoms with Gasteiger partial charge in [0.05, 0.1) is 5.71 Å². The molecule has 148 valence electrons. The Hall–Kier alpha value is -2.92. The van der Waals surface area contributed by atoms with Gasteiger partial charge in [-0.2, -0.15) is 0 Å². The highest BCUT2D eigenvalue weighted by molar-refractivity contribution is 6.34. The first kappa shape index (κ1) is 19.4. The third kappa shape index (κ3) is 3.96. The summed E-state index contributed by atoms with van der Waals surface area (Å²) in [4.78, 5) is 21.6. The van der Waals surface area contributed by atoms with Crippen LogP contribution in [0.15, 0.2) is 52.0 Å². The monoisotopic (exact) mass is 407 g/mol. The number of hydrogen-bond donors (Lipinski definition) is 1. The third-order valence-corrected chi connectivity index (χ3v) is 5.11. The summed E-state index contributed by atoms with van der Waals surface area (Å²) in [7, 11) is 0. The Balaban J connectivity index is 1.57. The van der Waals surface area contributed by atoms with Gasteiger partial charge in [-0.15, -0.1) is 0 Å². The number of aryl methyl sites for hydroxylation is 1. The van der Waals surface area contributed by atoms with E-state index in [1.165, 1.54) is 0 Å². The molecule has 0 saturated heterocycles. The Morgan fingerprint density at radius 1 is 1.17 bits per heavy atom. The van der Waals surface area contributed by atoms with Gasteiger partial charge in [0.1, 0.15) is 5.76 Å². The summed E-state index contributed by atoms with van der Waals surface area (Å²) in [5.74, 6) is 1.46. The molecule has 29 heavy (non-hydrogen) atoms. The van der Waals surface area contributed by atoms with E-state index < -0.39 is 0 Å². The average Bonchev–Trinajstić information content (AvgIpc) is 3.29. The second-order valence-corrected chi connectivity index (χ2v) is 8.70. The lowest BCUT2D eigenvalue weighted by molar-refractivity contribution is 0.0993. The van der Waals surface area contributed by atoms with Gasteiger partial charge in [-0.25, -0.2) is 9.98 Å². The zero-order chi connectivity index (χ0) is 20.8. The van der Waals surface area contributed by atoms with Crippen molar-refractivity contribution in [3.05, 3.63) is 75.8 Å². The van der Waals surface area contributed by atoms with Crippen molar-refractivity contribution in [3.63, 3.8) is 0 Å². The summed E-state index contributed by atoms with van der Waals surface area (Å²) in [6, 6.07) is 11.0. The largest absolute Gasteiger partial charge is 0.455 e. The number of aliphatic imine (C=N–C) groups is 1. The molecule has 0 fully saturated rings. The van der Waals surface area contributed by atoms with Gasteiger partial charge in [-0.05, 0) is 42.8 Å². The van der Waals surface area contributed by atoms with Gasteiger partial charge >= 0.3 is 0 Å². The van der Waals surface area contributed by atoms with Gasteiger partial charge in [-0.3, -0.25) is 4.79 Å². The molecule has 1 amide bonds. The molecule has 0 spiro atoms. The fraction of sp³-hybridized carbons (Fsp3) is 0.261. The minimum absolute atomic E-state index is 0.159. The van der Waals surface area contributed by atoms with Gasteiger partial charge in [-0.1, -0.05) is 38.4 Å². The van der Waals surface area contributed by atoms with Crippen LogP contribution in [0.2, 0.25) is 5.02 Å². The molecule has 2 aromatic heterocycles. The molecule has 1 aliphatic rings. The predicted octanol–water partition coefficient (Wildman–Crippen LogP) is 5.86. The lowest BCUT2D eigenvalue weighted by atomic mass is 9.94. The van der Waals surface area contributed by atoms with Crippen molar-refractivity contribution < 1.29 is 9.21 Å². The number of hydrogen-bond acceptors (Lipinski definition) is 4. The number of rotatable bonds is 3. The minimum Gasteiger partial charge on any atom is -0.455 e. The van der Waals surface area contributed by atoms with Crippen LogP contribution in [0.25, 0.3) is 0 Å². The molecule has 0 bridgehead atoms. The molecule has 6 heteroatoms. The molecular formula is C23H22ClN3O2. The molecule has 0 atom stereocenters. The highest BCUT2D eigenvalue weighted by Crippen LogP contribution is 2.31. The van der Waals surface area contributed by atoms with Gasteiger partial charge in [0.15, 0.2) is 11.6 Å². The molecule has 1 aromatic carbocycles. The Bertz CT molecular complexity index is 1140. The van der Waals surface area contributed by atoms with E-state index in [4.69, 9.17) is 16.0 Å². The second kappa shape index (κ2) is 7.16. The third-order valence-electron chi connectivity index (χ3n) is 4.78. The average molecular weight is 408 g/mol. The quantitative estimate of drug-likeness (QED) is 0.590. The van der Waals surface area contributed by atoms with Crippen molar-refractivity contribution in [2.75, 3.05) is 5.32 Å². The highest BCUT2D eigenvalue weighted by Gasteiger charge is 2.22. The van der Waals surface area contributed by atoms with E-state index in [1.807, 2.05) is 39.8 Å². The van der Waals surface area contributed by atoms with Crippen molar-refractivity contribution in [2.45, 2.75) is 39.5 Å². The molecule has 0 radical (unpaired) electrons. The van der Waals surface area contributed by atoms with Crippen LogP contribution in [0.4, 0.5) is 11.5 Å². The van der Waals surface area contributed by atoms with E-state index in [1.54, 1.807) is 24.4 Å². The number of anilines is 1. The zero-order valence-corrected chi connectivity index (χ0v) is 17.6. The van der Waals surface area contributed by atoms with Crippen LogP contribution in [0.1, 0.15) is 53.8 Å². The number of aromatic nitrogens is 1. The Morgan fingerprint density at radius 3 is 2.69 bits per heavy atom. The maximum absolute atomic E-state index is 12.6. The zero-order valence-electron chi connectivity index (χ0n) is 16.8. The first-order valence-corrected chi connectivity index (χ1v) is 9.83. The standard InChI is InChI=1S/C23H22ClN3O2/c1-13-9-14-10-18(27-21(14)25-12-13)16-11-15(5-6-17(16)24)26-22(28)19-7-8-20(29-19)23(2,3)4/h5-9,11-12H,10H2,1-4H3,(H,26,28). The van der Waals surface area contributed by atoms with Crippen LogP contribution in [0, 0.1) is 6.92 Å². The van der Waals surface area contributed by atoms with E-state index in [-0.39, 0.29) is 17.1 Å². The Kier molecular flexibility index (Phi) is 4.79. The summed E-state index contributed by atoms with van der Waals surface area (Å²) in [6.45, 7) is 8.12. The molecule has 0 unspecified atom stereocenters. The minimum atomic E-state index is -0.303. The first-order valence-electron chi connectivity index (χ1n) is 9.45. The first-order chi connectivity index (χ1) is 13.7. The van der Waals surface area contributed by atoms with Crippen LogP contribution >= 0.6 is 11.6 Å². The number of amides is 1. The van der Waals surface area contributed by atoms with Crippen molar-refractivity contribution in [2.24, 2.45) is 4.99 Å². The molecule has 3 heterocycles. The van der Waals surface area contributed by atoms with Gasteiger partial charge in [0.25, 0.3) is 5.91 Å². The van der Waals surface area contributed by atoms with Gasteiger partial charge in [0, 0.05) is 39.9 Å². The second-order valence-electron chi connectivity index (χ2n) is 8.29. The summed E-state index contributed by atoms with van der Waals surface area (Å²) < 4.78 is 5.72. The van der Waals surface area contributed by atoms with Crippen molar-refractivity contribution in [1.29, 1.82) is 0 Å². The van der Waals surface area contributed by atoms with E-state index in [9.17, 15) is 4.79 Å². The molecule has 4 rings (SSSR count). The number of carbonyl (C=O) groups is 1. The normalized spacial score (nSPS) is 13.2. The van der Waals surface area contributed by atoms with E-state index in [2.05, 4.69) is 21.4 Å². The van der Waals surface area contributed by atoms with Crippen molar-refractivity contribution in [1.82, 2.24) is 4.98 Å². The molecule has 1 aliphatic heterocycles. The maximum atomic E-state index is 12.6. The predicted molar refractivity (Wildman–Crippen MR) is 116 cm³/mol. The maximum Gasteiger partial charge on any atom is 0.291 e. The highest BCUT2D eigenvalue weighted by atomic mass is 35.5. The number of halogens is 1. The topological polar surface area (TPSA) is 67.5 Å². The Morgan fingerprint density at radius 2 is 1.97 bits per heavy atom. The summed E-state index contributed by atoms with van der Waals surface area (Å²) >= 11 is 6.43. The van der Waals surface area contributed by atoms with Crippen LogP contribution in [0.3, 0.4) is 0 Å². The molecule has 0 aliphatic carbocycles. The number of nitrogens with one attached hydrogen (secondary N) is 1. The molecule has 1 N–H and O–H groups in total. The summed E-state index contributed by atoms with van der Waals surface area (Å²) in [5, 5.41) is 3.47. The van der Waals surface area contributed by atoms with Crippen LogP contribution in [0.5, 0.6) is 0 Å². The number of fused-ring (bicyclic) bond motifs is 1. The van der Waals surface area contributed by atoms with Gasteiger partial charge < -0.3 is 9.73 Å². The van der Waals surface area contributed by atoms with E-state index in [0.717, 1.165) is 34.0 Å². The number of pyridine rings is 1. The Labute approximate surface area is 174 Å². The molecule has 5 nitrogen and oxygen atoms in total. The number of carbonyl (C=O) groups excluding carboxylic acids is 1. The number of benzene rings is 1. The molecular weight excluding hydrogens is 386 g/mol. The number of nitrogens with zero attached hydrogens (tertiary/aromatic N) is 2. The SMILES string of the molecule is Cc1cnc2c(c1)CC(c1cc(NC(=O)c3ccc(C(C)(C)C)o3)ccc1Cl)=N2. The number of furan rings is 1. The smallest absolute Gasteiger partial charge is 0.291 e. The summed E-state index contributed by atoms with van der Waals surface area (Å²) in [6.07, 6.45) is 2.47. The van der Waals surface area contributed by atoms with E-state index in [0.29, 0.717) is 17.1 Å². The van der Waals surface area contributed by atoms with Crippen molar-refractivity contribution in [3.8, 4) is 0 Å². The molecule has 3 aromatic rings. The lowest BCUT2D eigenvalue weighted by Gasteiger charge is -2.14.